The molecule has 0 aromatic heterocycles. The molecule has 1 aromatic rings. The standard InChI is InChI=1S/C13H15FN2OS/c14-9-3-5-10(6-4-9)16-12(17)13(11(15)18)7-1-2-8-13/h3-6H,1-2,7-8H2,(H2,15,18)(H,16,17). The van der Waals surface area contributed by atoms with E-state index in [2.05, 4.69) is 5.32 Å². The fraction of sp³-hybridized carbons (Fsp3) is 0.385. The second-order valence-corrected chi connectivity index (χ2v) is 5.05. The summed E-state index contributed by atoms with van der Waals surface area (Å²) in [5, 5.41) is 2.76. The molecule has 1 aromatic carbocycles. The van der Waals surface area contributed by atoms with Gasteiger partial charge in [0.2, 0.25) is 5.91 Å². The number of nitrogens with two attached hydrogens (primary N) is 1. The molecule has 1 saturated carbocycles. The van der Waals surface area contributed by atoms with E-state index in [0.717, 1.165) is 12.8 Å². The lowest BCUT2D eigenvalue weighted by Gasteiger charge is -2.26. The zero-order valence-corrected chi connectivity index (χ0v) is 10.7. The van der Waals surface area contributed by atoms with Gasteiger partial charge in [0, 0.05) is 5.69 Å². The molecule has 0 heterocycles. The third-order valence-corrected chi connectivity index (χ3v) is 3.86. The van der Waals surface area contributed by atoms with Crippen LogP contribution in [-0.4, -0.2) is 10.9 Å². The van der Waals surface area contributed by atoms with E-state index in [1.807, 2.05) is 0 Å². The van der Waals surface area contributed by atoms with Crippen LogP contribution in [0.15, 0.2) is 24.3 Å². The van der Waals surface area contributed by atoms with Crippen LogP contribution in [0.4, 0.5) is 10.1 Å². The summed E-state index contributed by atoms with van der Waals surface area (Å²) in [5.74, 6) is -0.517. The Morgan fingerprint density at radius 2 is 1.83 bits per heavy atom. The lowest BCUT2D eigenvalue weighted by molar-refractivity contribution is -0.122. The van der Waals surface area contributed by atoms with Gasteiger partial charge in [0.25, 0.3) is 0 Å². The smallest absolute Gasteiger partial charge is 0.237 e. The number of rotatable bonds is 3. The number of carbonyl (C=O) groups excluding carboxylic acids is 1. The fourth-order valence-electron chi connectivity index (χ4n) is 2.35. The molecule has 0 bridgehead atoms. The topological polar surface area (TPSA) is 55.1 Å². The average Bonchev–Trinajstić information content (AvgIpc) is 2.82. The summed E-state index contributed by atoms with van der Waals surface area (Å²) < 4.78 is 12.8. The Morgan fingerprint density at radius 3 is 2.33 bits per heavy atom. The number of halogens is 1. The molecule has 1 aliphatic carbocycles. The Kier molecular flexibility index (Phi) is 3.61. The zero-order valence-electron chi connectivity index (χ0n) is 9.91. The van der Waals surface area contributed by atoms with Crippen molar-refractivity contribution in [2.45, 2.75) is 25.7 Å². The van der Waals surface area contributed by atoms with Gasteiger partial charge in [-0.3, -0.25) is 4.79 Å². The molecule has 0 saturated heterocycles. The largest absolute Gasteiger partial charge is 0.392 e. The number of amides is 1. The minimum Gasteiger partial charge on any atom is -0.392 e. The van der Waals surface area contributed by atoms with E-state index in [9.17, 15) is 9.18 Å². The van der Waals surface area contributed by atoms with Gasteiger partial charge in [-0.15, -0.1) is 0 Å². The number of thiocarbonyl (C=S) groups is 1. The summed E-state index contributed by atoms with van der Waals surface area (Å²) in [6.07, 6.45) is 3.28. The Hall–Kier alpha value is -1.49. The van der Waals surface area contributed by atoms with Crippen LogP contribution in [0.1, 0.15) is 25.7 Å². The van der Waals surface area contributed by atoms with Gasteiger partial charge in [0.1, 0.15) is 5.82 Å². The zero-order chi connectivity index (χ0) is 13.2. The number of carbonyl (C=O) groups is 1. The van der Waals surface area contributed by atoms with Crippen molar-refractivity contribution in [3.05, 3.63) is 30.1 Å². The summed E-state index contributed by atoms with van der Waals surface area (Å²) in [5.41, 5.74) is 5.55. The Bertz CT molecular complexity index is 466. The minimum absolute atomic E-state index is 0.181. The molecule has 2 rings (SSSR count). The van der Waals surface area contributed by atoms with Gasteiger partial charge >= 0.3 is 0 Å². The summed E-state index contributed by atoms with van der Waals surface area (Å²) in [4.78, 5) is 12.5. The molecule has 0 radical (unpaired) electrons. The molecule has 18 heavy (non-hydrogen) atoms. The third kappa shape index (κ3) is 2.36. The maximum absolute atomic E-state index is 12.8. The van der Waals surface area contributed by atoms with E-state index in [0.29, 0.717) is 18.5 Å². The van der Waals surface area contributed by atoms with Gasteiger partial charge in [-0.05, 0) is 37.1 Å². The maximum Gasteiger partial charge on any atom is 0.237 e. The van der Waals surface area contributed by atoms with Gasteiger partial charge in [-0.25, -0.2) is 4.39 Å². The summed E-state index contributed by atoms with van der Waals surface area (Å²) in [6.45, 7) is 0. The number of nitrogens with one attached hydrogen (secondary N) is 1. The van der Waals surface area contributed by atoms with Crippen LogP contribution in [0, 0.1) is 11.2 Å². The minimum atomic E-state index is -0.732. The lowest BCUT2D eigenvalue weighted by Crippen LogP contribution is -2.43. The van der Waals surface area contributed by atoms with Crippen LogP contribution >= 0.6 is 12.2 Å². The molecule has 96 valence electrons. The SMILES string of the molecule is NC(=S)C1(C(=O)Nc2ccc(F)cc2)CCCC1. The summed E-state index contributed by atoms with van der Waals surface area (Å²) in [6, 6.07) is 5.65. The molecule has 0 aliphatic heterocycles. The van der Waals surface area contributed by atoms with E-state index < -0.39 is 5.41 Å². The molecule has 1 fully saturated rings. The van der Waals surface area contributed by atoms with Crippen LogP contribution in [-0.2, 0) is 4.79 Å². The van der Waals surface area contributed by atoms with Crippen molar-refractivity contribution in [1.82, 2.24) is 0 Å². The van der Waals surface area contributed by atoms with Gasteiger partial charge in [-0.1, -0.05) is 25.1 Å². The van der Waals surface area contributed by atoms with Crippen LogP contribution in [0.2, 0.25) is 0 Å². The van der Waals surface area contributed by atoms with Gasteiger partial charge < -0.3 is 11.1 Å². The highest BCUT2D eigenvalue weighted by Gasteiger charge is 2.43. The third-order valence-electron chi connectivity index (χ3n) is 3.47. The van der Waals surface area contributed by atoms with Gasteiger partial charge in [0.05, 0.1) is 10.4 Å². The van der Waals surface area contributed by atoms with Crippen molar-refractivity contribution in [3.8, 4) is 0 Å². The normalized spacial score (nSPS) is 17.4. The van der Waals surface area contributed by atoms with Crippen LogP contribution in [0.5, 0.6) is 0 Å². The highest BCUT2D eigenvalue weighted by molar-refractivity contribution is 7.80. The van der Waals surface area contributed by atoms with E-state index in [4.69, 9.17) is 18.0 Å². The van der Waals surface area contributed by atoms with Gasteiger partial charge in [0.15, 0.2) is 0 Å². The number of anilines is 1. The van der Waals surface area contributed by atoms with Crippen molar-refractivity contribution >= 4 is 28.8 Å². The monoisotopic (exact) mass is 266 g/mol. The molecular weight excluding hydrogens is 251 g/mol. The molecule has 3 N–H and O–H groups in total. The quantitative estimate of drug-likeness (QED) is 0.827. The Labute approximate surface area is 111 Å². The molecule has 5 heteroatoms. The number of hydrogen-bond acceptors (Lipinski definition) is 2. The Morgan fingerprint density at radius 1 is 1.28 bits per heavy atom. The predicted octanol–water partition coefficient (Wildman–Crippen LogP) is 2.61. The molecule has 1 aliphatic rings. The highest BCUT2D eigenvalue weighted by Crippen LogP contribution is 2.39. The molecule has 0 atom stereocenters. The van der Waals surface area contributed by atoms with Crippen LogP contribution in [0.25, 0.3) is 0 Å². The van der Waals surface area contributed by atoms with Crippen LogP contribution in [0.3, 0.4) is 0 Å². The first-order valence-corrected chi connectivity index (χ1v) is 6.32. The molecular formula is C13H15FN2OS. The van der Waals surface area contributed by atoms with E-state index in [-0.39, 0.29) is 16.7 Å². The summed E-state index contributed by atoms with van der Waals surface area (Å²) >= 11 is 5.04. The molecule has 1 amide bonds. The summed E-state index contributed by atoms with van der Waals surface area (Å²) in [7, 11) is 0. The van der Waals surface area contributed by atoms with Crippen molar-refractivity contribution in [2.75, 3.05) is 5.32 Å². The highest BCUT2D eigenvalue weighted by atomic mass is 32.1. The maximum atomic E-state index is 12.8. The second-order valence-electron chi connectivity index (χ2n) is 4.61. The first-order valence-electron chi connectivity index (χ1n) is 5.91. The Balaban J connectivity index is 2.15. The predicted molar refractivity (Wildman–Crippen MR) is 72.7 cm³/mol. The fourth-order valence-corrected chi connectivity index (χ4v) is 2.64. The van der Waals surface area contributed by atoms with E-state index >= 15 is 0 Å². The molecule has 0 unspecified atom stereocenters. The lowest BCUT2D eigenvalue weighted by atomic mass is 9.85. The number of hydrogen-bond donors (Lipinski definition) is 2. The van der Waals surface area contributed by atoms with Crippen molar-refractivity contribution < 1.29 is 9.18 Å². The van der Waals surface area contributed by atoms with Crippen molar-refractivity contribution in [3.63, 3.8) is 0 Å². The molecule has 0 spiro atoms. The first-order chi connectivity index (χ1) is 8.54. The van der Waals surface area contributed by atoms with Gasteiger partial charge in [-0.2, -0.15) is 0 Å². The number of benzene rings is 1. The van der Waals surface area contributed by atoms with E-state index in [1.54, 1.807) is 0 Å². The average molecular weight is 266 g/mol. The van der Waals surface area contributed by atoms with Crippen LogP contribution < -0.4 is 11.1 Å². The van der Waals surface area contributed by atoms with Crippen molar-refractivity contribution in [2.24, 2.45) is 11.1 Å². The second kappa shape index (κ2) is 5.02. The van der Waals surface area contributed by atoms with E-state index in [1.165, 1.54) is 24.3 Å². The van der Waals surface area contributed by atoms with Crippen molar-refractivity contribution in [1.29, 1.82) is 0 Å². The molecule has 3 nitrogen and oxygen atoms in total. The first kappa shape index (κ1) is 13.0.